The van der Waals surface area contributed by atoms with Crippen LogP contribution in [-0.2, 0) is 15.0 Å². The topological polar surface area (TPSA) is 123 Å². The van der Waals surface area contributed by atoms with Crippen molar-refractivity contribution >= 4 is 33.3 Å². The second-order valence-electron chi connectivity index (χ2n) is 6.73. The number of hydrogen-bond donors (Lipinski definition) is 3. The monoisotopic (exact) mass is 388 g/mol. The number of nitrogens with zero attached hydrogens (tertiary/aromatic N) is 1. The Hall–Kier alpha value is -3.07. The van der Waals surface area contributed by atoms with Gasteiger partial charge in [0, 0.05) is 5.69 Å². The second kappa shape index (κ2) is 6.92. The fourth-order valence-corrected chi connectivity index (χ4v) is 3.33. The van der Waals surface area contributed by atoms with Crippen LogP contribution in [0.5, 0.6) is 5.75 Å². The molecule has 0 aromatic heterocycles. The van der Waals surface area contributed by atoms with Crippen molar-refractivity contribution in [3.8, 4) is 5.75 Å². The van der Waals surface area contributed by atoms with Crippen molar-refractivity contribution in [3.05, 3.63) is 54.1 Å². The Morgan fingerprint density at radius 3 is 2.59 bits per heavy atom. The van der Waals surface area contributed by atoms with Gasteiger partial charge in [0.1, 0.15) is 12.4 Å². The van der Waals surface area contributed by atoms with Gasteiger partial charge in [-0.25, -0.2) is 0 Å². The molecule has 1 aliphatic heterocycles. The molecule has 1 amide bonds. The van der Waals surface area contributed by atoms with Gasteiger partial charge in [-0.1, -0.05) is 24.3 Å². The highest BCUT2D eigenvalue weighted by Crippen LogP contribution is 2.31. The molecule has 142 valence electrons. The number of carbonyl (C=O) groups excluding carboxylic acids is 1. The molecule has 2 aromatic carbocycles. The van der Waals surface area contributed by atoms with Crippen LogP contribution in [0.3, 0.4) is 0 Å². The molecule has 0 saturated heterocycles. The number of carbonyl (C=O) groups is 1. The van der Waals surface area contributed by atoms with Gasteiger partial charge in [0.15, 0.2) is 5.84 Å². The van der Waals surface area contributed by atoms with E-state index in [-0.39, 0.29) is 24.0 Å². The predicted octanol–water partition coefficient (Wildman–Crippen LogP) is 2.11. The Morgan fingerprint density at radius 1 is 1.19 bits per heavy atom. The third-order valence-electron chi connectivity index (χ3n) is 3.97. The summed E-state index contributed by atoms with van der Waals surface area (Å²) in [4.78, 5) is 12.6. The molecule has 1 aliphatic rings. The highest BCUT2D eigenvalue weighted by molar-refractivity contribution is 7.91. The molecular formula is C18H20N4O4S. The van der Waals surface area contributed by atoms with E-state index in [0.29, 0.717) is 17.0 Å². The molecule has 0 radical (unpaired) electrons. The van der Waals surface area contributed by atoms with E-state index in [0.717, 1.165) is 0 Å². The van der Waals surface area contributed by atoms with Crippen molar-refractivity contribution < 1.29 is 17.9 Å². The Balaban J connectivity index is 1.76. The van der Waals surface area contributed by atoms with Crippen LogP contribution >= 0.6 is 0 Å². The van der Waals surface area contributed by atoms with E-state index in [1.54, 1.807) is 44.2 Å². The van der Waals surface area contributed by atoms with Crippen LogP contribution in [0.1, 0.15) is 19.4 Å². The summed E-state index contributed by atoms with van der Waals surface area (Å²) in [6.45, 7) is 3.56. The first-order valence-electron chi connectivity index (χ1n) is 8.19. The van der Waals surface area contributed by atoms with Gasteiger partial charge < -0.3 is 15.8 Å². The summed E-state index contributed by atoms with van der Waals surface area (Å²) >= 11 is 0. The maximum atomic E-state index is 12.6. The average molecular weight is 388 g/mol. The zero-order valence-electron chi connectivity index (χ0n) is 14.9. The number of fused-ring (bicyclic) bond motifs is 1. The molecule has 1 heterocycles. The Kier molecular flexibility index (Phi) is 4.79. The zero-order valence-corrected chi connectivity index (χ0v) is 15.7. The number of amidine groups is 1. The van der Waals surface area contributed by atoms with E-state index in [1.165, 1.54) is 0 Å². The lowest BCUT2D eigenvalue weighted by molar-refractivity contribution is -0.125. The van der Waals surface area contributed by atoms with Gasteiger partial charge in [-0.15, -0.1) is 4.40 Å². The van der Waals surface area contributed by atoms with E-state index < -0.39 is 15.6 Å². The minimum absolute atomic E-state index is 0.0577. The molecule has 0 spiro atoms. The summed E-state index contributed by atoms with van der Waals surface area (Å²) in [7, 11) is -3.86. The van der Waals surface area contributed by atoms with Gasteiger partial charge >= 0.3 is 10.2 Å². The Labute approximate surface area is 157 Å². The quantitative estimate of drug-likeness (QED) is 0.724. The van der Waals surface area contributed by atoms with Gasteiger partial charge in [0.2, 0.25) is 5.91 Å². The number of nitrogens with one attached hydrogen (secondary N) is 2. The van der Waals surface area contributed by atoms with Crippen LogP contribution in [0.2, 0.25) is 0 Å². The number of para-hydroxylation sites is 1. The normalized spacial score (nSPS) is 15.1. The van der Waals surface area contributed by atoms with E-state index in [2.05, 4.69) is 14.4 Å². The van der Waals surface area contributed by atoms with Gasteiger partial charge in [0.05, 0.1) is 16.7 Å². The number of nitrogens with two attached hydrogens (primary N) is 1. The molecule has 4 N–H and O–H groups in total. The Morgan fingerprint density at radius 2 is 1.89 bits per heavy atom. The van der Waals surface area contributed by atoms with E-state index in [4.69, 9.17) is 10.5 Å². The zero-order chi connectivity index (χ0) is 19.7. The van der Waals surface area contributed by atoms with Crippen molar-refractivity contribution in [2.75, 3.05) is 16.6 Å². The maximum absolute atomic E-state index is 12.6. The summed E-state index contributed by atoms with van der Waals surface area (Å²) in [5.41, 5.74) is 6.28. The summed E-state index contributed by atoms with van der Waals surface area (Å²) < 4.78 is 34.8. The molecule has 27 heavy (non-hydrogen) atoms. The fourth-order valence-electron chi connectivity index (χ4n) is 2.48. The van der Waals surface area contributed by atoms with Gasteiger partial charge in [-0.3, -0.25) is 9.52 Å². The Bertz CT molecular complexity index is 1000. The van der Waals surface area contributed by atoms with Crippen molar-refractivity contribution in [2.24, 2.45) is 15.5 Å². The molecule has 0 atom stereocenters. The van der Waals surface area contributed by atoms with Gasteiger partial charge in [-0.05, 0) is 38.1 Å². The van der Waals surface area contributed by atoms with E-state index in [9.17, 15) is 13.2 Å². The van der Waals surface area contributed by atoms with E-state index in [1.807, 2.05) is 18.2 Å². The summed E-state index contributed by atoms with van der Waals surface area (Å²) in [6, 6.07) is 14.0. The molecular weight excluding hydrogens is 368 g/mol. The van der Waals surface area contributed by atoms with Gasteiger partial charge in [0.25, 0.3) is 0 Å². The number of anilines is 2. The SMILES string of the molecule is CC(C)(COc1cccc2c1C(N)=NS(=O)(=O)N2)C(=O)Nc1ccccc1. The number of amides is 1. The number of rotatable bonds is 5. The summed E-state index contributed by atoms with van der Waals surface area (Å²) in [6.07, 6.45) is 0. The highest BCUT2D eigenvalue weighted by Gasteiger charge is 2.30. The lowest BCUT2D eigenvalue weighted by atomic mass is 9.93. The van der Waals surface area contributed by atoms with Crippen LogP contribution in [-0.4, -0.2) is 26.8 Å². The van der Waals surface area contributed by atoms with Crippen LogP contribution in [0, 0.1) is 5.41 Å². The molecule has 0 aliphatic carbocycles. The van der Waals surface area contributed by atoms with Crippen LogP contribution < -0.4 is 20.5 Å². The lowest BCUT2D eigenvalue weighted by Crippen LogP contribution is -2.36. The van der Waals surface area contributed by atoms with Crippen molar-refractivity contribution in [2.45, 2.75) is 13.8 Å². The third kappa shape index (κ3) is 4.20. The fraction of sp³-hybridized carbons (Fsp3) is 0.222. The van der Waals surface area contributed by atoms with Crippen molar-refractivity contribution in [1.29, 1.82) is 0 Å². The number of ether oxygens (including phenoxy) is 1. The third-order valence-corrected chi connectivity index (χ3v) is 4.89. The minimum atomic E-state index is -3.86. The van der Waals surface area contributed by atoms with Crippen molar-refractivity contribution in [3.63, 3.8) is 0 Å². The highest BCUT2D eigenvalue weighted by atomic mass is 32.2. The summed E-state index contributed by atoms with van der Waals surface area (Å²) in [5, 5.41) is 2.84. The lowest BCUT2D eigenvalue weighted by Gasteiger charge is -2.25. The molecule has 2 aromatic rings. The second-order valence-corrected chi connectivity index (χ2v) is 8.06. The average Bonchev–Trinajstić information content (AvgIpc) is 2.59. The van der Waals surface area contributed by atoms with E-state index >= 15 is 0 Å². The van der Waals surface area contributed by atoms with Crippen LogP contribution in [0.15, 0.2) is 52.9 Å². The number of hydrogen-bond acceptors (Lipinski definition) is 5. The van der Waals surface area contributed by atoms with Crippen LogP contribution in [0.4, 0.5) is 11.4 Å². The van der Waals surface area contributed by atoms with Crippen molar-refractivity contribution in [1.82, 2.24) is 0 Å². The minimum Gasteiger partial charge on any atom is -0.492 e. The number of benzene rings is 2. The smallest absolute Gasteiger partial charge is 0.344 e. The molecule has 8 nitrogen and oxygen atoms in total. The molecule has 9 heteroatoms. The molecule has 3 rings (SSSR count). The first kappa shape index (κ1) is 18.7. The van der Waals surface area contributed by atoms with Crippen LogP contribution in [0.25, 0.3) is 0 Å². The molecule has 0 bridgehead atoms. The molecule has 0 saturated carbocycles. The largest absolute Gasteiger partial charge is 0.492 e. The standard InChI is InChI=1S/C18H20N4O4S/c1-18(2,17(23)20-12-7-4-3-5-8-12)11-26-14-10-6-9-13-15(14)16(19)22-27(24,25)21-13/h3-10,21H,11H2,1-2H3,(H2,19,22)(H,20,23). The molecule has 0 fully saturated rings. The molecule has 0 unspecified atom stereocenters. The predicted molar refractivity (Wildman–Crippen MR) is 104 cm³/mol. The first-order chi connectivity index (χ1) is 12.7. The maximum Gasteiger partial charge on any atom is 0.344 e. The summed E-state index contributed by atoms with van der Waals surface area (Å²) in [5.74, 6) is -0.0246. The first-order valence-corrected chi connectivity index (χ1v) is 9.63. The van der Waals surface area contributed by atoms with Gasteiger partial charge in [-0.2, -0.15) is 8.42 Å².